The third kappa shape index (κ3) is 2.36. The Balaban J connectivity index is 2.20. The van der Waals surface area contributed by atoms with Crippen LogP contribution < -0.4 is 10.4 Å². The van der Waals surface area contributed by atoms with Gasteiger partial charge < -0.3 is 5.10 Å². The quantitative estimate of drug-likeness (QED) is 0.739. The van der Waals surface area contributed by atoms with Crippen molar-refractivity contribution >= 4 is 27.3 Å². The molecule has 2 heterocycles. The molecule has 126 valence electrons. The fourth-order valence-corrected chi connectivity index (χ4v) is 3.96. The van der Waals surface area contributed by atoms with E-state index in [1.54, 1.807) is 16.7 Å². The van der Waals surface area contributed by atoms with Crippen molar-refractivity contribution in [1.82, 2.24) is 14.3 Å². The minimum absolute atomic E-state index is 0.0380. The average Bonchev–Trinajstić information content (AvgIpc) is 3.06. The van der Waals surface area contributed by atoms with Gasteiger partial charge in [0.25, 0.3) is 5.56 Å². The lowest BCUT2D eigenvalue weighted by atomic mass is 10.00. The van der Waals surface area contributed by atoms with Gasteiger partial charge in [-0.15, -0.1) is 0 Å². The lowest BCUT2D eigenvalue weighted by molar-refractivity contribution is 0.103. The molecule has 7 heteroatoms. The number of carbonyl (C=O) groups is 1. The molecule has 3 aromatic rings. The highest BCUT2D eigenvalue weighted by molar-refractivity contribution is 7.16. The van der Waals surface area contributed by atoms with Crippen LogP contribution in [0.25, 0.3) is 10.2 Å². The summed E-state index contributed by atoms with van der Waals surface area (Å²) >= 11 is 1.17. The molecule has 0 fully saturated rings. The van der Waals surface area contributed by atoms with Crippen LogP contribution in [-0.4, -0.2) is 20.1 Å². The number of aryl methyl sites for hydroxylation is 2. The van der Waals surface area contributed by atoms with Crippen LogP contribution in [0.5, 0.6) is 0 Å². The number of carbonyl (C=O) groups excluding carboxylic acids is 1. The molecule has 0 aliphatic carbocycles. The summed E-state index contributed by atoms with van der Waals surface area (Å²) in [7, 11) is 0. The zero-order valence-electron chi connectivity index (χ0n) is 14.0. The smallest absolute Gasteiger partial charge is 0.302 e. The van der Waals surface area contributed by atoms with Crippen molar-refractivity contribution in [3.63, 3.8) is 0 Å². The van der Waals surface area contributed by atoms with E-state index in [1.165, 1.54) is 22.2 Å². The van der Waals surface area contributed by atoms with Crippen molar-refractivity contribution < 1.29 is 4.79 Å². The molecule has 0 unspecified atom stereocenters. The van der Waals surface area contributed by atoms with Crippen LogP contribution >= 0.6 is 11.3 Å². The monoisotopic (exact) mass is 345 g/mol. The van der Waals surface area contributed by atoms with Gasteiger partial charge in [-0.2, -0.15) is 0 Å². The Morgan fingerprint density at radius 2 is 1.96 bits per heavy atom. The Labute approximate surface area is 142 Å². The predicted molar refractivity (Wildman–Crippen MR) is 95.4 cm³/mol. The lowest BCUT2D eigenvalue weighted by Gasteiger charge is -2.07. The number of hydrogen-bond donors (Lipinski definition) is 1. The van der Waals surface area contributed by atoms with Crippen LogP contribution in [0.2, 0.25) is 0 Å². The van der Waals surface area contributed by atoms with E-state index in [0.717, 1.165) is 15.8 Å². The third-order valence-corrected chi connectivity index (χ3v) is 5.14. The second kappa shape index (κ2) is 5.90. The second-order valence-corrected chi connectivity index (χ2v) is 6.98. The zero-order valence-corrected chi connectivity index (χ0v) is 14.9. The number of aromatic nitrogens is 3. The van der Waals surface area contributed by atoms with Crippen LogP contribution in [0.4, 0.5) is 0 Å². The molecule has 1 aromatic carbocycles. The van der Waals surface area contributed by atoms with Gasteiger partial charge in [-0.3, -0.25) is 23.6 Å². The first kappa shape index (κ1) is 16.4. The molecule has 1 N–H and O–H groups in total. The molecule has 0 bridgehead atoms. The molecule has 0 saturated heterocycles. The van der Waals surface area contributed by atoms with Crippen LogP contribution in [-0.2, 0) is 6.54 Å². The molecule has 6 nitrogen and oxygen atoms in total. The Morgan fingerprint density at radius 1 is 1.25 bits per heavy atom. The Kier molecular flexibility index (Phi) is 4.04. The normalized spacial score (nSPS) is 11.5. The van der Waals surface area contributed by atoms with Crippen LogP contribution in [0.1, 0.15) is 48.3 Å². The largest absolute Gasteiger partial charge is 0.308 e. The number of thiazole rings is 1. The highest BCUT2D eigenvalue weighted by Crippen LogP contribution is 2.25. The van der Waals surface area contributed by atoms with E-state index in [1.807, 2.05) is 27.7 Å². The first-order valence-electron chi connectivity index (χ1n) is 7.84. The molecule has 0 atom stereocenters. The zero-order chi connectivity index (χ0) is 17.6. The first-order chi connectivity index (χ1) is 11.4. The molecule has 0 amide bonds. The maximum atomic E-state index is 12.9. The van der Waals surface area contributed by atoms with Crippen molar-refractivity contribution in [3.8, 4) is 0 Å². The van der Waals surface area contributed by atoms with Crippen molar-refractivity contribution in [1.29, 1.82) is 0 Å². The molecule has 0 aliphatic heterocycles. The minimum atomic E-state index is -0.326. The van der Waals surface area contributed by atoms with E-state index in [2.05, 4.69) is 5.10 Å². The molecular formula is C17H19N3O3S. The van der Waals surface area contributed by atoms with E-state index in [-0.39, 0.29) is 27.8 Å². The van der Waals surface area contributed by atoms with Crippen LogP contribution in [0, 0.1) is 6.92 Å². The number of H-pyrrole nitrogens is 1. The average molecular weight is 345 g/mol. The molecule has 0 radical (unpaired) electrons. The number of nitrogens with one attached hydrogen (secondary N) is 1. The summed E-state index contributed by atoms with van der Waals surface area (Å²) in [6, 6.07) is 3.42. The van der Waals surface area contributed by atoms with Crippen LogP contribution in [0.3, 0.4) is 0 Å². The van der Waals surface area contributed by atoms with Gasteiger partial charge in [0.05, 0.1) is 10.2 Å². The third-order valence-electron chi connectivity index (χ3n) is 4.20. The van der Waals surface area contributed by atoms with E-state index in [9.17, 15) is 14.4 Å². The molecule has 2 aromatic heterocycles. The molecule has 0 spiro atoms. The molecular weight excluding hydrogens is 326 g/mol. The number of rotatable bonds is 4. The summed E-state index contributed by atoms with van der Waals surface area (Å²) in [5.74, 6) is -0.323. The van der Waals surface area contributed by atoms with Gasteiger partial charge in [-0.1, -0.05) is 11.3 Å². The van der Waals surface area contributed by atoms with Crippen molar-refractivity contribution in [2.24, 2.45) is 0 Å². The molecule has 24 heavy (non-hydrogen) atoms. The summed E-state index contributed by atoms with van der Waals surface area (Å²) < 4.78 is 3.94. The molecule has 0 saturated carbocycles. The predicted octanol–water partition coefficient (Wildman–Crippen LogP) is 2.69. The van der Waals surface area contributed by atoms with E-state index < -0.39 is 0 Å². The number of aromatic amines is 1. The summed E-state index contributed by atoms with van der Waals surface area (Å²) in [5.41, 5.74) is 1.75. The van der Waals surface area contributed by atoms with Gasteiger partial charge in [0.15, 0.2) is 0 Å². The summed E-state index contributed by atoms with van der Waals surface area (Å²) in [5, 5.41) is 2.84. The lowest BCUT2D eigenvalue weighted by Crippen LogP contribution is -2.23. The van der Waals surface area contributed by atoms with Crippen molar-refractivity contribution in [2.75, 3.05) is 0 Å². The van der Waals surface area contributed by atoms with Gasteiger partial charge in [-0.25, -0.2) is 0 Å². The number of nitrogens with zero attached hydrogens (tertiary/aromatic N) is 2. The van der Waals surface area contributed by atoms with E-state index >= 15 is 0 Å². The van der Waals surface area contributed by atoms with Crippen molar-refractivity contribution in [3.05, 3.63) is 55.0 Å². The fraction of sp³-hybridized carbons (Fsp3) is 0.353. The highest BCUT2D eigenvalue weighted by atomic mass is 32.1. The second-order valence-electron chi connectivity index (χ2n) is 5.98. The van der Waals surface area contributed by atoms with Gasteiger partial charge in [-0.05, 0) is 45.4 Å². The Morgan fingerprint density at radius 3 is 2.54 bits per heavy atom. The summed E-state index contributed by atoms with van der Waals surface area (Å²) in [6.45, 7) is 8.00. The minimum Gasteiger partial charge on any atom is -0.302 e. The molecule has 0 aliphatic rings. The topological polar surface area (TPSA) is 76.9 Å². The number of ketones is 1. The SMILES string of the molecule is CCn1c(=O)sc2ccc(C(=O)c3c[nH]n(C(C)C)c3=O)c(C)c21. The van der Waals surface area contributed by atoms with Gasteiger partial charge >= 0.3 is 4.87 Å². The van der Waals surface area contributed by atoms with Gasteiger partial charge in [0.2, 0.25) is 5.78 Å². The summed E-state index contributed by atoms with van der Waals surface area (Å²) in [4.78, 5) is 37.2. The van der Waals surface area contributed by atoms with Gasteiger partial charge in [0, 0.05) is 24.3 Å². The number of fused-ring (bicyclic) bond motifs is 1. The van der Waals surface area contributed by atoms with Crippen molar-refractivity contribution in [2.45, 2.75) is 40.3 Å². The molecule has 3 rings (SSSR count). The van der Waals surface area contributed by atoms with Crippen LogP contribution in [0.15, 0.2) is 27.9 Å². The van der Waals surface area contributed by atoms with E-state index in [0.29, 0.717) is 12.1 Å². The number of hydrogen-bond acceptors (Lipinski definition) is 4. The number of benzene rings is 1. The Bertz CT molecular complexity index is 1050. The highest BCUT2D eigenvalue weighted by Gasteiger charge is 2.21. The fourth-order valence-electron chi connectivity index (χ4n) is 2.94. The van der Waals surface area contributed by atoms with Gasteiger partial charge in [0.1, 0.15) is 5.56 Å². The first-order valence-corrected chi connectivity index (χ1v) is 8.66. The van der Waals surface area contributed by atoms with E-state index in [4.69, 9.17) is 0 Å². The maximum Gasteiger partial charge on any atom is 0.308 e. The summed E-state index contributed by atoms with van der Waals surface area (Å²) in [6.07, 6.45) is 1.45. The maximum absolute atomic E-state index is 12.9. The Hall–Kier alpha value is -2.41. The standard InChI is InChI=1S/C17H19N3O3S/c1-5-19-14-10(4)11(6-7-13(14)24-17(19)23)15(21)12-8-18-20(9(2)3)16(12)22/h6-9,18H,5H2,1-4H3.